The Balaban J connectivity index is 1.97. The number of carbonyl (C=O) groups excluding carboxylic acids is 1. The largest absolute Gasteiger partial charge is 0.393 e. The van der Waals surface area contributed by atoms with Crippen molar-refractivity contribution in [1.82, 2.24) is 10.3 Å². The van der Waals surface area contributed by atoms with Crippen LogP contribution in [0.4, 0.5) is 5.82 Å². The summed E-state index contributed by atoms with van der Waals surface area (Å²) in [6.45, 7) is 0. The van der Waals surface area contributed by atoms with E-state index in [4.69, 9.17) is 17.3 Å². The van der Waals surface area contributed by atoms with E-state index in [0.717, 1.165) is 25.7 Å². The summed E-state index contributed by atoms with van der Waals surface area (Å²) in [5.74, 6) is 0.0137. The zero-order valence-corrected chi connectivity index (χ0v) is 10.7. The number of nitrogens with zero attached hydrogens (tertiary/aromatic N) is 1. The lowest BCUT2D eigenvalue weighted by Crippen LogP contribution is -2.38. The fraction of sp³-hybridized carbons (Fsp3) is 0.500. The summed E-state index contributed by atoms with van der Waals surface area (Å²) < 4.78 is 0. The molecule has 6 heteroatoms. The highest BCUT2D eigenvalue weighted by Crippen LogP contribution is 2.20. The van der Waals surface area contributed by atoms with Gasteiger partial charge in [0.2, 0.25) is 0 Å². The molecule has 0 radical (unpaired) electrons. The Hall–Kier alpha value is -1.33. The van der Waals surface area contributed by atoms with Crippen LogP contribution in [0, 0.1) is 0 Å². The number of hydrogen-bond acceptors (Lipinski definition) is 4. The maximum atomic E-state index is 11.9. The van der Waals surface area contributed by atoms with Crippen molar-refractivity contribution in [2.75, 3.05) is 5.73 Å². The molecule has 1 heterocycles. The third kappa shape index (κ3) is 3.11. The highest BCUT2D eigenvalue weighted by Gasteiger charge is 2.21. The van der Waals surface area contributed by atoms with E-state index in [-0.39, 0.29) is 28.9 Å². The van der Waals surface area contributed by atoms with E-state index >= 15 is 0 Å². The summed E-state index contributed by atoms with van der Waals surface area (Å²) in [7, 11) is 0. The summed E-state index contributed by atoms with van der Waals surface area (Å²) in [5.41, 5.74) is 5.89. The van der Waals surface area contributed by atoms with E-state index in [1.807, 2.05) is 0 Å². The van der Waals surface area contributed by atoms with Crippen molar-refractivity contribution in [3.8, 4) is 0 Å². The van der Waals surface area contributed by atoms with Crippen LogP contribution in [-0.2, 0) is 0 Å². The fourth-order valence-electron chi connectivity index (χ4n) is 2.06. The average molecular weight is 270 g/mol. The number of halogens is 1. The lowest BCUT2D eigenvalue weighted by Gasteiger charge is -2.26. The number of rotatable bonds is 2. The maximum Gasteiger partial charge on any atom is 0.253 e. The molecule has 0 atom stereocenters. The Morgan fingerprint density at radius 3 is 2.72 bits per heavy atom. The molecule has 0 spiro atoms. The van der Waals surface area contributed by atoms with Crippen molar-refractivity contribution in [2.24, 2.45) is 0 Å². The Morgan fingerprint density at radius 2 is 2.11 bits per heavy atom. The zero-order chi connectivity index (χ0) is 13.1. The number of hydrogen-bond donors (Lipinski definition) is 3. The molecule has 1 amide bonds. The van der Waals surface area contributed by atoms with Gasteiger partial charge >= 0.3 is 0 Å². The standard InChI is InChI=1S/C12H16ClN3O2/c13-10-5-7(6-15-11(10)14)12(18)16-8-1-3-9(17)4-2-8/h5-6,8-9,17H,1-4H2,(H2,14,15)(H,16,18). The Morgan fingerprint density at radius 1 is 1.44 bits per heavy atom. The van der Waals surface area contributed by atoms with E-state index in [1.165, 1.54) is 12.3 Å². The normalized spacial score (nSPS) is 23.7. The number of aliphatic hydroxyl groups excluding tert-OH is 1. The van der Waals surface area contributed by atoms with E-state index < -0.39 is 0 Å². The molecule has 0 aromatic carbocycles. The van der Waals surface area contributed by atoms with Crippen molar-refractivity contribution < 1.29 is 9.90 Å². The third-order valence-electron chi connectivity index (χ3n) is 3.16. The van der Waals surface area contributed by atoms with Crippen molar-refractivity contribution in [3.63, 3.8) is 0 Å². The van der Waals surface area contributed by atoms with Gasteiger partial charge in [-0.3, -0.25) is 4.79 Å². The quantitative estimate of drug-likeness (QED) is 0.756. The summed E-state index contributed by atoms with van der Waals surface area (Å²) >= 11 is 5.82. The molecule has 1 saturated carbocycles. The van der Waals surface area contributed by atoms with Gasteiger partial charge in [-0.15, -0.1) is 0 Å². The first-order valence-corrected chi connectivity index (χ1v) is 6.34. The molecule has 0 aliphatic heterocycles. The molecule has 98 valence electrons. The number of anilines is 1. The number of aromatic nitrogens is 1. The summed E-state index contributed by atoms with van der Waals surface area (Å²) in [5, 5.41) is 12.6. The SMILES string of the molecule is Nc1ncc(C(=O)NC2CCC(O)CC2)cc1Cl. The van der Waals surface area contributed by atoms with Gasteiger partial charge in [0.15, 0.2) is 0 Å². The smallest absolute Gasteiger partial charge is 0.253 e. The fourth-order valence-corrected chi connectivity index (χ4v) is 2.23. The van der Waals surface area contributed by atoms with Crippen LogP contribution in [0.25, 0.3) is 0 Å². The molecule has 1 fully saturated rings. The van der Waals surface area contributed by atoms with Crippen LogP contribution in [0.5, 0.6) is 0 Å². The van der Waals surface area contributed by atoms with E-state index in [0.29, 0.717) is 5.56 Å². The van der Waals surface area contributed by atoms with Gasteiger partial charge < -0.3 is 16.2 Å². The molecule has 4 N–H and O–H groups in total. The number of nitrogens with two attached hydrogens (primary N) is 1. The first kappa shape index (κ1) is 13.1. The molecule has 1 aromatic heterocycles. The molecule has 0 saturated heterocycles. The lowest BCUT2D eigenvalue weighted by atomic mass is 9.93. The minimum Gasteiger partial charge on any atom is -0.393 e. The molecular weight excluding hydrogens is 254 g/mol. The predicted molar refractivity (Wildman–Crippen MR) is 69.4 cm³/mol. The molecule has 1 aliphatic carbocycles. The molecular formula is C12H16ClN3O2. The van der Waals surface area contributed by atoms with Crippen LogP contribution in [0.2, 0.25) is 5.02 Å². The van der Waals surface area contributed by atoms with E-state index in [2.05, 4.69) is 10.3 Å². The van der Waals surface area contributed by atoms with Gasteiger partial charge in [0.25, 0.3) is 5.91 Å². The first-order valence-electron chi connectivity index (χ1n) is 5.96. The second kappa shape index (κ2) is 5.54. The van der Waals surface area contributed by atoms with E-state index in [9.17, 15) is 9.90 Å². The van der Waals surface area contributed by atoms with Crippen molar-refractivity contribution >= 4 is 23.3 Å². The first-order chi connectivity index (χ1) is 8.56. The second-order valence-electron chi connectivity index (χ2n) is 4.57. The van der Waals surface area contributed by atoms with Crippen molar-refractivity contribution in [1.29, 1.82) is 0 Å². The Bertz CT molecular complexity index is 445. The average Bonchev–Trinajstić information content (AvgIpc) is 2.35. The van der Waals surface area contributed by atoms with Crippen molar-refractivity contribution in [3.05, 3.63) is 22.8 Å². The highest BCUT2D eigenvalue weighted by molar-refractivity contribution is 6.33. The summed E-state index contributed by atoms with van der Waals surface area (Å²) in [4.78, 5) is 15.8. The van der Waals surface area contributed by atoms with Gasteiger partial charge in [-0.25, -0.2) is 4.98 Å². The monoisotopic (exact) mass is 269 g/mol. The van der Waals surface area contributed by atoms with Gasteiger partial charge in [-0.2, -0.15) is 0 Å². The van der Waals surface area contributed by atoms with E-state index in [1.54, 1.807) is 0 Å². The Labute approximate surface area is 110 Å². The number of carbonyl (C=O) groups is 1. The van der Waals surface area contributed by atoms with Crippen LogP contribution in [0.3, 0.4) is 0 Å². The molecule has 2 rings (SSSR count). The maximum absolute atomic E-state index is 11.9. The zero-order valence-electron chi connectivity index (χ0n) is 9.90. The molecule has 0 unspecified atom stereocenters. The molecule has 1 aromatic rings. The number of pyridine rings is 1. The highest BCUT2D eigenvalue weighted by atomic mass is 35.5. The minimum atomic E-state index is -0.231. The van der Waals surface area contributed by atoms with Gasteiger partial charge in [-0.1, -0.05) is 11.6 Å². The second-order valence-corrected chi connectivity index (χ2v) is 4.98. The number of nitrogen functional groups attached to an aromatic ring is 1. The van der Waals surface area contributed by atoms with Gasteiger partial charge in [0.05, 0.1) is 16.7 Å². The number of aliphatic hydroxyl groups is 1. The van der Waals surface area contributed by atoms with Crippen LogP contribution in [0.1, 0.15) is 36.0 Å². The van der Waals surface area contributed by atoms with Crippen LogP contribution >= 0.6 is 11.6 Å². The summed E-state index contributed by atoms with van der Waals surface area (Å²) in [6.07, 6.45) is 4.23. The molecule has 5 nitrogen and oxygen atoms in total. The third-order valence-corrected chi connectivity index (χ3v) is 3.47. The van der Waals surface area contributed by atoms with Crippen molar-refractivity contribution in [2.45, 2.75) is 37.8 Å². The predicted octanol–water partition coefficient (Wildman–Crippen LogP) is 1.35. The number of amides is 1. The minimum absolute atomic E-state index is 0.109. The van der Waals surface area contributed by atoms with Gasteiger partial charge in [0.1, 0.15) is 5.82 Å². The number of nitrogens with one attached hydrogen (secondary N) is 1. The summed E-state index contributed by atoms with van der Waals surface area (Å²) in [6, 6.07) is 1.62. The van der Waals surface area contributed by atoms with Crippen LogP contribution in [0.15, 0.2) is 12.3 Å². The topological polar surface area (TPSA) is 88.2 Å². The van der Waals surface area contributed by atoms with Gasteiger partial charge in [-0.05, 0) is 31.7 Å². The lowest BCUT2D eigenvalue weighted by molar-refractivity contribution is 0.0867. The molecule has 0 bridgehead atoms. The van der Waals surface area contributed by atoms with Crippen LogP contribution < -0.4 is 11.1 Å². The van der Waals surface area contributed by atoms with Crippen LogP contribution in [-0.4, -0.2) is 28.1 Å². The molecule has 1 aliphatic rings. The molecule has 18 heavy (non-hydrogen) atoms. The van der Waals surface area contributed by atoms with Gasteiger partial charge in [0, 0.05) is 12.2 Å². The Kier molecular flexibility index (Phi) is 4.04.